The fourth-order valence-electron chi connectivity index (χ4n) is 0.758. The minimum Gasteiger partial charge on any atom is -0.249 e. The van der Waals surface area contributed by atoms with Crippen LogP contribution >= 0.6 is 11.8 Å². The zero-order chi connectivity index (χ0) is 8.97. The molecule has 0 aliphatic heterocycles. The van der Waals surface area contributed by atoms with Gasteiger partial charge in [-0.3, -0.25) is 0 Å². The highest BCUT2D eigenvalue weighted by molar-refractivity contribution is 7.99. The molecule has 1 aromatic rings. The van der Waals surface area contributed by atoms with E-state index in [9.17, 15) is 0 Å². The Labute approximate surface area is 76.6 Å². The molecule has 0 amide bonds. The number of pyridine rings is 1. The van der Waals surface area contributed by atoms with E-state index in [1.807, 2.05) is 12.1 Å². The van der Waals surface area contributed by atoms with Crippen LogP contribution < -0.4 is 0 Å². The second kappa shape index (κ2) is 4.13. The molecular weight excluding hydrogens is 168 g/mol. The van der Waals surface area contributed by atoms with Gasteiger partial charge in [-0.05, 0) is 12.1 Å². The van der Waals surface area contributed by atoms with E-state index >= 15 is 0 Å². The summed E-state index contributed by atoms with van der Waals surface area (Å²) >= 11 is 1.70. The molecule has 0 N–H and O–H groups in total. The van der Waals surface area contributed by atoms with Crippen LogP contribution in [0.2, 0.25) is 0 Å². The molecule has 0 unspecified atom stereocenters. The van der Waals surface area contributed by atoms with Crippen molar-refractivity contribution in [3.05, 3.63) is 23.9 Å². The Balaban J connectivity index is 2.73. The molecule has 1 rings (SSSR count). The van der Waals surface area contributed by atoms with Gasteiger partial charge in [0.05, 0.1) is 10.6 Å². The van der Waals surface area contributed by atoms with Crippen molar-refractivity contribution in [2.45, 2.75) is 24.1 Å². The van der Waals surface area contributed by atoms with Crippen LogP contribution in [0.15, 0.2) is 23.4 Å². The van der Waals surface area contributed by atoms with Gasteiger partial charge in [-0.1, -0.05) is 13.8 Å². The van der Waals surface area contributed by atoms with E-state index in [2.05, 4.69) is 18.8 Å². The number of aromatic nitrogens is 1. The molecule has 0 aliphatic carbocycles. The van der Waals surface area contributed by atoms with E-state index in [4.69, 9.17) is 5.26 Å². The van der Waals surface area contributed by atoms with Gasteiger partial charge in [-0.25, -0.2) is 4.98 Å². The quantitative estimate of drug-likeness (QED) is 0.653. The van der Waals surface area contributed by atoms with Gasteiger partial charge >= 0.3 is 0 Å². The number of hydrogen-bond donors (Lipinski definition) is 0. The molecule has 1 aromatic heterocycles. The molecule has 12 heavy (non-hydrogen) atoms. The van der Waals surface area contributed by atoms with Crippen LogP contribution in [-0.4, -0.2) is 10.2 Å². The van der Waals surface area contributed by atoms with Crippen molar-refractivity contribution < 1.29 is 0 Å². The second-order valence-electron chi connectivity index (χ2n) is 2.66. The molecule has 0 spiro atoms. The predicted molar refractivity (Wildman–Crippen MR) is 49.9 cm³/mol. The number of thioether (sulfide) groups is 1. The first kappa shape index (κ1) is 9.08. The lowest BCUT2D eigenvalue weighted by molar-refractivity contribution is 1.07. The standard InChI is InChI=1S/C9H10N2S/c1-7(2)12-9-4-3-8(5-10)6-11-9/h3-4,6-7H,1-2H3. The van der Waals surface area contributed by atoms with Crippen LogP contribution in [0.1, 0.15) is 19.4 Å². The molecule has 0 aromatic carbocycles. The van der Waals surface area contributed by atoms with E-state index in [1.165, 1.54) is 0 Å². The summed E-state index contributed by atoms with van der Waals surface area (Å²) in [5.41, 5.74) is 0.614. The van der Waals surface area contributed by atoms with Crippen LogP contribution in [0.25, 0.3) is 0 Å². The summed E-state index contributed by atoms with van der Waals surface area (Å²) in [7, 11) is 0. The third-order valence-electron chi connectivity index (χ3n) is 1.22. The molecule has 0 saturated heterocycles. The lowest BCUT2D eigenvalue weighted by Gasteiger charge is -2.02. The van der Waals surface area contributed by atoms with E-state index in [0.717, 1.165) is 5.03 Å². The molecule has 0 fully saturated rings. The summed E-state index contributed by atoms with van der Waals surface area (Å²) < 4.78 is 0. The first-order chi connectivity index (χ1) is 5.72. The first-order valence-corrected chi connectivity index (χ1v) is 4.63. The lowest BCUT2D eigenvalue weighted by Crippen LogP contribution is -1.88. The Hall–Kier alpha value is -1.01. The Bertz CT molecular complexity index is 284. The molecular formula is C9H10N2S. The lowest BCUT2D eigenvalue weighted by atomic mass is 10.3. The molecule has 0 saturated carbocycles. The zero-order valence-electron chi connectivity index (χ0n) is 7.11. The summed E-state index contributed by atoms with van der Waals surface area (Å²) in [6.45, 7) is 4.23. The fraction of sp³-hybridized carbons (Fsp3) is 0.333. The topological polar surface area (TPSA) is 36.7 Å². The van der Waals surface area contributed by atoms with Gasteiger partial charge in [0, 0.05) is 11.4 Å². The van der Waals surface area contributed by atoms with Crippen molar-refractivity contribution in [2.24, 2.45) is 0 Å². The van der Waals surface area contributed by atoms with Crippen LogP contribution in [0, 0.1) is 11.3 Å². The molecule has 3 heteroatoms. The normalized spacial score (nSPS) is 9.83. The largest absolute Gasteiger partial charge is 0.249 e. The summed E-state index contributed by atoms with van der Waals surface area (Å²) in [4.78, 5) is 4.13. The predicted octanol–water partition coefficient (Wildman–Crippen LogP) is 2.45. The first-order valence-electron chi connectivity index (χ1n) is 3.75. The van der Waals surface area contributed by atoms with Gasteiger partial charge < -0.3 is 0 Å². The highest BCUT2D eigenvalue weighted by atomic mass is 32.2. The van der Waals surface area contributed by atoms with E-state index < -0.39 is 0 Å². The fourth-order valence-corrected chi connectivity index (χ4v) is 1.50. The van der Waals surface area contributed by atoms with Gasteiger partial charge in [-0.15, -0.1) is 11.8 Å². The van der Waals surface area contributed by atoms with Crippen molar-refractivity contribution in [1.29, 1.82) is 5.26 Å². The average molecular weight is 178 g/mol. The molecule has 62 valence electrons. The van der Waals surface area contributed by atoms with E-state index in [1.54, 1.807) is 24.0 Å². The Morgan fingerprint density at radius 2 is 2.25 bits per heavy atom. The maximum atomic E-state index is 8.51. The minimum atomic E-state index is 0.533. The Kier molecular flexibility index (Phi) is 3.12. The third kappa shape index (κ3) is 2.55. The zero-order valence-corrected chi connectivity index (χ0v) is 7.93. The number of rotatable bonds is 2. The van der Waals surface area contributed by atoms with Gasteiger partial charge in [0.15, 0.2) is 0 Å². The molecule has 0 atom stereocenters. The van der Waals surface area contributed by atoms with Crippen LogP contribution in [0.3, 0.4) is 0 Å². The van der Waals surface area contributed by atoms with Crippen molar-refractivity contribution in [3.63, 3.8) is 0 Å². The van der Waals surface area contributed by atoms with E-state index in [0.29, 0.717) is 10.8 Å². The SMILES string of the molecule is CC(C)Sc1ccc(C#N)cn1. The van der Waals surface area contributed by atoms with Crippen molar-refractivity contribution in [3.8, 4) is 6.07 Å². The van der Waals surface area contributed by atoms with Crippen molar-refractivity contribution >= 4 is 11.8 Å². The number of hydrogen-bond acceptors (Lipinski definition) is 3. The van der Waals surface area contributed by atoms with Crippen molar-refractivity contribution in [1.82, 2.24) is 4.98 Å². The van der Waals surface area contributed by atoms with E-state index in [-0.39, 0.29) is 0 Å². The minimum absolute atomic E-state index is 0.533. The summed E-state index contributed by atoms with van der Waals surface area (Å²) in [5.74, 6) is 0. The highest BCUT2D eigenvalue weighted by Gasteiger charge is 1.98. The van der Waals surface area contributed by atoms with Gasteiger partial charge in [0.1, 0.15) is 6.07 Å². The summed E-state index contributed by atoms with van der Waals surface area (Å²) in [6.07, 6.45) is 1.60. The van der Waals surface area contributed by atoms with Crippen LogP contribution in [0.4, 0.5) is 0 Å². The Morgan fingerprint density at radius 3 is 2.67 bits per heavy atom. The Morgan fingerprint density at radius 1 is 1.50 bits per heavy atom. The molecule has 0 bridgehead atoms. The summed E-state index contributed by atoms with van der Waals surface area (Å²) in [6, 6.07) is 5.70. The molecule has 2 nitrogen and oxygen atoms in total. The van der Waals surface area contributed by atoms with Crippen LogP contribution in [0.5, 0.6) is 0 Å². The van der Waals surface area contributed by atoms with Gasteiger partial charge in [-0.2, -0.15) is 5.26 Å². The maximum Gasteiger partial charge on any atom is 0.101 e. The highest BCUT2D eigenvalue weighted by Crippen LogP contribution is 2.19. The van der Waals surface area contributed by atoms with Crippen LogP contribution in [-0.2, 0) is 0 Å². The van der Waals surface area contributed by atoms with Gasteiger partial charge in [0.2, 0.25) is 0 Å². The monoisotopic (exact) mass is 178 g/mol. The average Bonchev–Trinajstić information content (AvgIpc) is 2.05. The summed E-state index contributed by atoms with van der Waals surface area (Å²) in [5, 5.41) is 10.0. The molecule has 1 heterocycles. The molecule has 0 radical (unpaired) electrons. The number of nitriles is 1. The number of nitrogens with zero attached hydrogens (tertiary/aromatic N) is 2. The smallest absolute Gasteiger partial charge is 0.101 e. The maximum absolute atomic E-state index is 8.51. The van der Waals surface area contributed by atoms with Gasteiger partial charge in [0.25, 0.3) is 0 Å². The third-order valence-corrected chi connectivity index (χ3v) is 2.18. The molecule has 0 aliphatic rings. The van der Waals surface area contributed by atoms with Crippen molar-refractivity contribution in [2.75, 3.05) is 0 Å². The second-order valence-corrected chi connectivity index (χ2v) is 4.26.